The van der Waals surface area contributed by atoms with Gasteiger partial charge < -0.3 is 0 Å². The minimum Gasteiger partial charge on any atom is -0.238 e. The quantitative estimate of drug-likeness (QED) is 0.633. The van der Waals surface area contributed by atoms with E-state index in [9.17, 15) is 0 Å². The van der Waals surface area contributed by atoms with Crippen molar-refractivity contribution in [3.05, 3.63) is 0 Å². The van der Waals surface area contributed by atoms with Gasteiger partial charge in [0.05, 0.1) is 0 Å². The molecule has 2 aliphatic carbocycles. The standard InChI is InChI=1S/C12H22N/c1-2-4-6-11(7-5-3-1)10-13-12-8-9-12/h11-12H,1-10H2. The SMILES string of the molecule is C1CCCC(C[N]C2CC2)CCC1. The summed E-state index contributed by atoms with van der Waals surface area (Å²) in [4.78, 5) is 0. The van der Waals surface area contributed by atoms with Crippen LogP contribution in [0.25, 0.3) is 0 Å². The minimum atomic E-state index is 0.783. The van der Waals surface area contributed by atoms with Gasteiger partial charge in [0.1, 0.15) is 0 Å². The predicted molar refractivity (Wildman–Crippen MR) is 55.8 cm³/mol. The summed E-state index contributed by atoms with van der Waals surface area (Å²) in [5, 5.41) is 4.73. The Morgan fingerprint density at radius 1 is 0.769 bits per heavy atom. The summed E-state index contributed by atoms with van der Waals surface area (Å²) >= 11 is 0. The molecule has 75 valence electrons. The zero-order valence-electron chi connectivity index (χ0n) is 8.67. The van der Waals surface area contributed by atoms with Gasteiger partial charge in [-0.1, -0.05) is 32.1 Å². The molecule has 2 rings (SSSR count). The van der Waals surface area contributed by atoms with Crippen LogP contribution in [0.15, 0.2) is 0 Å². The molecule has 0 N–H and O–H groups in total. The lowest BCUT2D eigenvalue weighted by molar-refractivity contribution is 0.357. The van der Waals surface area contributed by atoms with Crippen LogP contribution in [0.5, 0.6) is 0 Å². The second-order valence-electron chi connectivity index (χ2n) is 4.81. The Morgan fingerprint density at radius 2 is 1.38 bits per heavy atom. The number of hydrogen-bond acceptors (Lipinski definition) is 0. The molecule has 0 amide bonds. The van der Waals surface area contributed by atoms with Crippen molar-refractivity contribution in [1.29, 1.82) is 0 Å². The van der Waals surface area contributed by atoms with Crippen LogP contribution >= 0.6 is 0 Å². The first kappa shape index (κ1) is 9.51. The van der Waals surface area contributed by atoms with Crippen molar-refractivity contribution in [2.75, 3.05) is 6.54 Å². The van der Waals surface area contributed by atoms with Crippen LogP contribution in [-0.2, 0) is 0 Å². The molecular weight excluding hydrogens is 158 g/mol. The summed E-state index contributed by atoms with van der Waals surface area (Å²) < 4.78 is 0. The fourth-order valence-corrected chi connectivity index (χ4v) is 2.28. The van der Waals surface area contributed by atoms with Crippen molar-refractivity contribution < 1.29 is 0 Å². The average Bonchev–Trinajstić information content (AvgIpc) is 2.85. The molecule has 2 fully saturated rings. The van der Waals surface area contributed by atoms with E-state index in [1.807, 2.05) is 0 Å². The van der Waals surface area contributed by atoms with Crippen molar-refractivity contribution in [3.8, 4) is 0 Å². The molecule has 0 aromatic rings. The lowest BCUT2D eigenvalue weighted by Crippen LogP contribution is -2.19. The molecule has 13 heavy (non-hydrogen) atoms. The molecule has 0 bridgehead atoms. The highest BCUT2D eigenvalue weighted by atomic mass is 14.9. The van der Waals surface area contributed by atoms with Crippen LogP contribution in [0.1, 0.15) is 57.8 Å². The molecule has 0 atom stereocenters. The van der Waals surface area contributed by atoms with E-state index in [0.29, 0.717) is 0 Å². The fraction of sp³-hybridized carbons (Fsp3) is 1.00. The highest BCUT2D eigenvalue weighted by Crippen LogP contribution is 2.25. The Kier molecular flexibility index (Phi) is 3.65. The molecule has 1 heteroatoms. The van der Waals surface area contributed by atoms with Gasteiger partial charge in [-0.3, -0.25) is 0 Å². The third-order valence-corrected chi connectivity index (χ3v) is 3.39. The third kappa shape index (κ3) is 3.68. The van der Waals surface area contributed by atoms with Gasteiger partial charge in [0.2, 0.25) is 0 Å². The average molecular weight is 180 g/mol. The normalized spacial score (nSPS) is 26.8. The van der Waals surface area contributed by atoms with Gasteiger partial charge in [-0.15, -0.1) is 0 Å². The molecule has 1 nitrogen and oxygen atoms in total. The molecule has 0 spiro atoms. The van der Waals surface area contributed by atoms with Crippen LogP contribution in [0.2, 0.25) is 0 Å². The zero-order chi connectivity index (χ0) is 8.93. The Hall–Kier alpha value is -0.0400. The first-order valence-corrected chi connectivity index (χ1v) is 6.12. The van der Waals surface area contributed by atoms with Crippen LogP contribution in [0.4, 0.5) is 0 Å². The van der Waals surface area contributed by atoms with Gasteiger partial charge >= 0.3 is 0 Å². The fourth-order valence-electron chi connectivity index (χ4n) is 2.28. The second kappa shape index (κ2) is 4.99. The summed E-state index contributed by atoms with van der Waals surface area (Å²) in [6.45, 7) is 1.19. The van der Waals surface area contributed by atoms with Crippen LogP contribution in [-0.4, -0.2) is 12.6 Å². The van der Waals surface area contributed by atoms with E-state index in [-0.39, 0.29) is 0 Å². The topological polar surface area (TPSA) is 14.1 Å². The van der Waals surface area contributed by atoms with Crippen LogP contribution in [0, 0.1) is 5.92 Å². The Morgan fingerprint density at radius 3 is 2.00 bits per heavy atom. The largest absolute Gasteiger partial charge is 0.238 e. The lowest BCUT2D eigenvalue weighted by atomic mass is 9.91. The van der Waals surface area contributed by atoms with Gasteiger partial charge in [-0.25, -0.2) is 5.32 Å². The van der Waals surface area contributed by atoms with Gasteiger partial charge in [0.25, 0.3) is 0 Å². The molecule has 0 aromatic carbocycles. The lowest BCUT2D eigenvalue weighted by Gasteiger charge is -2.18. The number of rotatable bonds is 3. The summed E-state index contributed by atoms with van der Waals surface area (Å²) in [6, 6.07) is 0.783. The molecule has 1 radical (unpaired) electrons. The van der Waals surface area contributed by atoms with E-state index in [1.54, 1.807) is 0 Å². The molecule has 0 aromatic heterocycles. The monoisotopic (exact) mass is 180 g/mol. The van der Waals surface area contributed by atoms with E-state index in [2.05, 4.69) is 0 Å². The van der Waals surface area contributed by atoms with E-state index >= 15 is 0 Å². The maximum absolute atomic E-state index is 4.73. The van der Waals surface area contributed by atoms with Crippen LogP contribution in [0.3, 0.4) is 0 Å². The molecule has 2 aliphatic rings. The van der Waals surface area contributed by atoms with Crippen molar-refractivity contribution in [3.63, 3.8) is 0 Å². The van der Waals surface area contributed by atoms with E-state index in [1.165, 1.54) is 64.3 Å². The molecule has 0 saturated heterocycles. The molecular formula is C12H22N. The number of hydrogen-bond donors (Lipinski definition) is 0. The summed E-state index contributed by atoms with van der Waals surface area (Å²) in [6.07, 6.45) is 13.0. The molecule has 0 heterocycles. The Balaban J connectivity index is 1.62. The van der Waals surface area contributed by atoms with Gasteiger partial charge in [-0.2, -0.15) is 0 Å². The van der Waals surface area contributed by atoms with Crippen molar-refractivity contribution in [1.82, 2.24) is 5.32 Å². The smallest absolute Gasteiger partial charge is 0.0247 e. The maximum atomic E-state index is 4.73. The maximum Gasteiger partial charge on any atom is 0.0247 e. The Bertz CT molecular complexity index is 132. The summed E-state index contributed by atoms with van der Waals surface area (Å²) in [7, 11) is 0. The van der Waals surface area contributed by atoms with Gasteiger partial charge in [0, 0.05) is 12.6 Å². The van der Waals surface area contributed by atoms with E-state index in [0.717, 1.165) is 12.0 Å². The molecule has 0 unspecified atom stereocenters. The van der Waals surface area contributed by atoms with Crippen LogP contribution < -0.4 is 5.32 Å². The second-order valence-corrected chi connectivity index (χ2v) is 4.81. The summed E-state index contributed by atoms with van der Waals surface area (Å²) in [5.41, 5.74) is 0. The first-order chi connectivity index (χ1) is 6.45. The number of nitrogens with zero attached hydrogens (tertiary/aromatic N) is 1. The van der Waals surface area contributed by atoms with Crippen molar-refractivity contribution >= 4 is 0 Å². The first-order valence-electron chi connectivity index (χ1n) is 6.12. The van der Waals surface area contributed by atoms with Gasteiger partial charge in [-0.05, 0) is 31.6 Å². The van der Waals surface area contributed by atoms with E-state index in [4.69, 9.17) is 5.32 Å². The van der Waals surface area contributed by atoms with Gasteiger partial charge in [0.15, 0.2) is 0 Å². The zero-order valence-corrected chi connectivity index (χ0v) is 8.67. The highest BCUT2D eigenvalue weighted by Gasteiger charge is 2.23. The predicted octanol–water partition coefficient (Wildman–Crippen LogP) is 3.11. The van der Waals surface area contributed by atoms with Crippen molar-refractivity contribution in [2.24, 2.45) is 5.92 Å². The third-order valence-electron chi connectivity index (χ3n) is 3.39. The molecule has 2 saturated carbocycles. The van der Waals surface area contributed by atoms with E-state index < -0.39 is 0 Å². The Labute approximate surface area is 82.3 Å². The summed E-state index contributed by atoms with van der Waals surface area (Å²) in [5.74, 6) is 0.945. The highest BCUT2D eigenvalue weighted by molar-refractivity contribution is 4.81. The van der Waals surface area contributed by atoms with Crippen molar-refractivity contribution in [2.45, 2.75) is 63.8 Å². The molecule has 0 aliphatic heterocycles. The minimum absolute atomic E-state index is 0.783.